The molecule has 182 valence electrons. The summed E-state index contributed by atoms with van der Waals surface area (Å²) in [5, 5.41) is 23.6. The number of aliphatic hydroxyl groups excluding tert-OH is 2. The first-order valence-electron chi connectivity index (χ1n) is 13.4. The number of hydrogen-bond acceptors (Lipinski definition) is 3. The number of hydrogen-bond donors (Lipinski definition) is 3. The topological polar surface area (TPSA) is 69.6 Å². The van der Waals surface area contributed by atoms with Crippen LogP contribution in [0.2, 0.25) is 0 Å². The highest BCUT2D eigenvalue weighted by Crippen LogP contribution is 2.61. The van der Waals surface area contributed by atoms with Crippen molar-refractivity contribution in [1.82, 2.24) is 5.32 Å². The van der Waals surface area contributed by atoms with E-state index in [4.69, 9.17) is 0 Å². The Bertz CT molecular complexity index is 591. The fraction of sp³-hybridized carbons (Fsp3) is 0.821. The quantitative estimate of drug-likeness (QED) is 0.224. The molecular weight excluding hydrogens is 398 g/mol. The molecule has 0 aromatic rings. The van der Waals surface area contributed by atoms with Crippen LogP contribution in [-0.4, -0.2) is 34.9 Å². The zero-order valence-corrected chi connectivity index (χ0v) is 20.3. The number of amides is 1. The lowest BCUT2D eigenvalue weighted by Crippen LogP contribution is -2.47. The van der Waals surface area contributed by atoms with E-state index in [0.717, 1.165) is 69.2 Å². The van der Waals surface area contributed by atoms with Crippen LogP contribution in [0.25, 0.3) is 0 Å². The summed E-state index contributed by atoms with van der Waals surface area (Å²) in [6.45, 7) is 2.89. The largest absolute Gasteiger partial charge is 0.389 e. The first-order valence-corrected chi connectivity index (χ1v) is 13.4. The third kappa shape index (κ3) is 8.33. The molecule has 4 nitrogen and oxygen atoms in total. The van der Waals surface area contributed by atoms with Crippen LogP contribution in [-0.2, 0) is 4.79 Å². The average Bonchev–Trinajstić information content (AvgIpc) is 2.72. The molecule has 0 aromatic carbocycles. The van der Waals surface area contributed by atoms with Crippen molar-refractivity contribution in [3.05, 3.63) is 24.3 Å². The fourth-order valence-electron chi connectivity index (χ4n) is 6.98. The van der Waals surface area contributed by atoms with Gasteiger partial charge in [-0.25, -0.2) is 0 Å². The Hall–Kier alpha value is -1.13. The third-order valence-electron chi connectivity index (χ3n) is 8.03. The summed E-state index contributed by atoms with van der Waals surface area (Å²) in [6.07, 6.45) is 23.6. The minimum atomic E-state index is -0.427. The molecule has 4 saturated carbocycles. The summed E-state index contributed by atoms with van der Waals surface area (Å²) in [5.74, 6) is 2.95. The number of allylic oxidation sites excluding steroid dienone is 2. The Kier molecular flexibility index (Phi) is 10.3. The normalized spacial score (nSPS) is 30.9. The summed E-state index contributed by atoms with van der Waals surface area (Å²) in [4.78, 5) is 11.7. The highest BCUT2D eigenvalue weighted by Gasteiger charge is 2.50. The number of carbonyl (C=O) groups is 1. The van der Waals surface area contributed by atoms with Crippen LogP contribution in [0.3, 0.4) is 0 Å². The van der Waals surface area contributed by atoms with E-state index in [2.05, 4.69) is 18.3 Å². The maximum atomic E-state index is 11.7. The first-order chi connectivity index (χ1) is 15.5. The van der Waals surface area contributed by atoms with Crippen molar-refractivity contribution in [3.63, 3.8) is 0 Å². The van der Waals surface area contributed by atoms with Crippen molar-refractivity contribution < 1.29 is 15.0 Å². The van der Waals surface area contributed by atoms with E-state index < -0.39 is 6.10 Å². The molecule has 0 heterocycles. The lowest BCUT2D eigenvalue weighted by Gasteiger charge is -2.57. The van der Waals surface area contributed by atoms with E-state index in [-0.39, 0.29) is 12.0 Å². The minimum absolute atomic E-state index is 0.126. The molecule has 4 aliphatic rings. The monoisotopic (exact) mass is 445 g/mol. The summed E-state index contributed by atoms with van der Waals surface area (Å²) in [7, 11) is 0. The Morgan fingerprint density at radius 2 is 1.53 bits per heavy atom. The van der Waals surface area contributed by atoms with Gasteiger partial charge in [0, 0.05) is 13.0 Å². The van der Waals surface area contributed by atoms with Gasteiger partial charge in [-0.1, -0.05) is 44.1 Å². The van der Waals surface area contributed by atoms with Crippen molar-refractivity contribution >= 4 is 5.91 Å². The molecule has 4 bridgehead atoms. The molecule has 3 N–H and O–H groups in total. The van der Waals surface area contributed by atoms with E-state index in [1.54, 1.807) is 0 Å². The zero-order valence-electron chi connectivity index (χ0n) is 20.3. The number of nitrogens with one attached hydrogen (secondary N) is 1. The van der Waals surface area contributed by atoms with E-state index in [1.807, 2.05) is 18.2 Å². The van der Waals surface area contributed by atoms with E-state index in [9.17, 15) is 15.0 Å². The summed E-state index contributed by atoms with van der Waals surface area (Å²) in [5.41, 5.74) is 0.429. The van der Waals surface area contributed by atoms with Gasteiger partial charge in [0.2, 0.25) is 5.91 Å². The molecule has 2 unspecified atom stereocenters. The maximum absolute atomic E-state index is 11.7. The Morgan fingerprint density at radius 1 is 0.938 bits per heavy atom. The Balaban J connectivity index is 1.22. The lowest BCUT2D eigenvalue weighted by molar-refractivity contribution is -0.121. The average molecular weight is 446 g/mol. The number of rotatable bonds is 15. The van der Waals surface area contributed by atoms with E-state index in [1.165, 1.54) is 38.5 Å². The second kappa shape index (κ2) is 12.9. The van der Waals surface area contributed by atoms with E-state index in [0.29, 0.717) is 18.3 Å². The van der Waals surface area contributed by atoms with Crippen molar-refractivity contribution in [1.29, 1.82) is 0 Å². The zero-order chi connectivity index (χ0) is 22.8. The minimum Gasteiger partial charge on any atom is -0.389 e. The SMILES string of the molecule is CCCCNC(=O)CCCCC(O)/C=C\CC/C=C/C(O)CC12CC3CC(CC(C3)C1)C2. The molecule has 0 aromatic heterocycles. The molecule has 0 aliphatic heterocycles. The summed E-state index contributed by atoms with van der Waals surface area (Å²) >= 11 is 0. The molecule has 0 radical (unpaired) electrons. The van der Waals surface area contributed by atoms with Crippen LogP contribution >= 0.6 is 0 Å². The number of carbonyl (C=O) groups excluding carboxylic acids is 1. The molecule has 4 aliphatic carbocycles. The number of aliphatic hydroxyl groups is 2. The van der Waals surface area contributed by atoms with Gasteiger partial charge in [-0.05, 0) is 100 Å². The van der Waals surface area contributed by atoms with E-state index >= 15 is 0 Å². The smallest absolute Gasteiger partial charge is 0.219 e. The Morgan fingerprint density at radius 3 is 2.12 bits per heavy atom. The fourth-order valence-corrected chi connectivity index (χ4v) is 6.98. The predicted octanol–water partition coefficient (Wildman–Crippen LogP) is 5.68. The van der Waals surface area contributed by atoms with Crippen LogP contribution in [0.5, 0.6) is 0 Å². The molecule has 0 spiro atoms. The molecule has 1 amide bonds. The van der Waals surface area contributed by atoms with Gasteiger partial charge >= 0.3 is 0 Å². The van der Waals surface area contributed by atoms with Gasteiger partial charge in [-0.3, -0.25) is 4.79 Å². The Labute approximate surface area is 195 Å². The highest BCUT2D eigenvalue weighted by atomic mass is 16.3. The maximum Gasteiger partial charge on any atom is 0.219 e. The molecule has 32 heavy (non-hydrogen) atoms. The molecule has 4 heteroatoms. The predicted molar refractivity (Wildman–Crippen MR) is 131 cm³/mol. The van der Waals surface area contributed by atoms with Crippen LogP contribution in [0.15, 0.2) is 24.3 Å². The van der Waals surface area contributed by atoms with Crippen molar-refractivity contribution in [2.24, 2.45) is 23.2 Å². The van der Waals surface area contributed by atoms with Crippen LogP contribution in [0, 0.1) is 23.2 Å². The molecule has 0 saturated heterocycles. The van der Waals surface area contributed by atoms with Gasteiger partial charge < -0.3 is 15.5 Å². The standard InChI is InChI=1S/C28H47NO3/c1-2-3-14-29-27(32)13-9-8-11-25(30)10-6-4-5-7-12-26(31)21-28-18-22-15-23(19-28)17-24(16-22)20-28/h6-7,10,12,22-26,30-31H,2-5,8-9,11,13-21H2,1H3,(H,29,32)/b10-6-,12-7+. The second-order valence-corrected chi connectivity index (χ2v) is 11.1. The van der Waals surface area contributed by atoms with Gasteiger partial charge in [0.1, 0.15) is 0 Å². The lowest BCUT2D eigenvalue weighted by atomic mass is 9.48. The van der Waals surface area contributed by atoms with Gasteiger partial charge in [-0.15, -0.1) is 0 Å². The third-order valence-corrected chi connectivity index (χ3v) is 8.03. The molecule has 4 rings (SSSR count). The first kappa shape index (κ1) is 25.5. The molecular formula is C28H47NO3. The molecule has 4 fully saturated rings. The van der Waals surface area contributed by atoms with Gasteiger partial charge in [0.05, 0.1) is 12.2 Å². The van der Waals surface area contributed by atoms with Gasteiger partial charge in [0.15, 0.2) is 0 Å². The van der Waals surface area contributed by atoms with Gasteiger partial charge in [-0.2, -0.15) is 0 Å². The highest BCUT2D eigenvalue weighted by molar-refractivity contribution is 5.75. The van der Waals surface area contributed by atoms with Gasteiger partial charge in [0.25, 0.3) is 0 Å². The summed E-state index contributed by atoms with van der Waals surface area (Å²) in [6, 6.07) is 0. The van der Waals surface area contributed by atoms with Crippen molar-refractivity contribution in [2.75, 3.05) is 6.54 Å². The second-order valence-electron chi connectivity index (χ2n) is 11.1. The molecule has 2 atom stereocenters. The van der Waals surface area contributed by atoms with Crippen LogP contribution in [0.1, 0.15) is 103 Å². The van der Waals surface area contributed by atoms with Crippen molar-refractivity contribution in [3.8, 4) is 0 Å². The summed E-state index contributed by atoms with van der Waals surface area (Å²) < 4.78 is 0. The van der Waals surface area contributed by atoms with Crippen LogP contribution < -0.4 is 5.32 Å². The van der Waals surface area contributed by atoms with Crippen molar-refractivity contribution in [2.45, 2.75) is 115 Å². The number of unbranched alkanes of at least 4 members (excludes halogenated alkanes) is 3. The van der Waals surface area contributed by atoms with Crippen LogP contribution in [0.4, 0.5) is 0 Å².